The third-order valence-corrected chi connectivity index (χ3v) is 6.07. The molecule has 1 heterocycles. The van der Waals surface area contributed by atoms with E-state index in [4.69, 9.17) is 4.74 Å². The van der Waals surface area contributed by atoms with E-state index in [0.717, 1.165) is 49.7 Å². The largest absolute Gasteiger partial charge is 0.497 e. The molecule has 0 aromatic heterocycles. The molecule has 1 amide bonds. The van der Waals surface area contributed by atoms with E-state index in [1.165, 1.54) is 11.1 Å². The minimum Gasteiger partial charge on any atom is -0.497 e. The van der Waals surface area contributed by atoms with E-state index in [0.29, 0.717) is 5.92 Å². The lowest BCUT2D eigenvalue weighted by Crippen LogP contribution is -2.52. The fraction of sp³-hybridized carbons (Fsp3) is 0.480. The van der Waals surface area contributed by atoms with Crippen molar-refractivity contribution in [2.75, 3.05) is 38.6 Å². The lowest BCUT2D eigenvalue weighted by molar-refractivity contribution is -0.121. The van der Waals surface area contributed by atoms with Crippen LogP contribution in [0.1, 0.15) is 43.4 Å². The normalized spacial score (nSPS) is 16.5. The number of hydrogen-bond acceptors (Lipinski definition) is 4. The molecule has 3 rings (SSSR count). The van der Waals surface area contributed by atoms with E-state index in [1.807, 2.05) is 19.1 Å². The van der Waals surface area contributed by atoms with Crippen molar-refractivity contribution in [2.45, 2.75) is 46.2 Å². The second-order valence-electron chi connectivity index (χ2n) is 8.52. The number of carbonyl (C=O) groups is 1. The highest BCUT2D eigenvalue weighted by atomic mass is 16.5. The Balaban J connectivity index is 1.54. The van der Waals surface area contributed by atoms with Crippen LogP contribution in [0.4, 0.5) is 5.69 Å². The molecule has 2 aromatic carbocycles. The van der Waals surface area contributed by atoms with Gasteiger partial charge in [0.2, 0.25) is 5.91 Å². The molecular formula is C25H35N3O2. The van der Waals surface area contributed by atoms with Crippen LogP contribution in [-0.4, -0.2) is 55.0 Å². The fourth-order valence-corrected chi connectivity index (χ4v) is 4.03. The minimum atomic E-state index is -0.146. The summed E-state index contributed by atoms with van der Waals surface area (Å²) < 4.78 is 5.23. The molecule has 1 N–H and O–H groups in total. The van der Waals surface area contributed by atoms with Crippen molar-refractivity contribution >= 4 is 11.6 Å². The molecule has 1 fully saturated rings. The van der Waals surface area contributed by atoms with Crippen molar-refractivity contribution in [3.63, 3.8) is 0 Å². The SMILES string of the molecule is COc1ccc(CN2CCN([C@@H](C)C(=O)Nc3c(C)cccc3C(C)C)CC2)cc1. The second kappa shape index (κ2) is 10.1. The molecule has 5 heteroatoms. The summed E-state index contributed by atoms with van der Waals surface area (Å²) in [4.78, 5) is 17.7. The zero-order chi connectivity index (χ0) is 21.7. The van der Waals surface area contributed by atoms with Crippen LogP contribution in [0, 0.1) is 6.92 Å². The van der Waals surface area contributed by atoms with Crippen molar-refractivity contribution in [3.8, 4) is 5.75 Å². The number of para-hydroxylation sites is 1. The third kappa shape index (κ3) is 5.41. The van der Waals surface area contributed by atoms with Gasteiger partial charge < -0.3 is 10.1 Å². The van der Waals surface area contributed by atoms with Crippen LogP contribution in [0.15, 0.2) is 42.5 Å². The Morgan fingerprint density at radius 1 is 1.03 bits per heavy atom. The third-order valence-electron chi connectivity index (χ3n) is 6.07. The summed E-state index contributed by atoms with van der Waals surface area (Å²) >= 11 is 0. The van der Waals surface area contributed by atoms with Gasteiger partial charge in [0.05, 0.1) is 13.2 Å². The molecule has 162 valence electrons. The summed E-state index contributed by atoms with van der Waals surface area (Å²) in [5.41, 5.74) is 4.57. The number of methoxy groups -OCH3 is 1. The van der Waals surface area contributed by atoms with Crippen molar-refractivity contribution < 1.29 is 9.53 Å². The number of hydrogen-bond donors (Lipinski definition) is 1. The minimum absolute atomic E-state index is 0.0785. The predicted octanol–water partition coefficient (Wildman–Crippen LogP) is 4.27. The van der Waals surface area contributed by atoms with Crippen LogP contribution in [0.2, 0.25) is 0 Å². The maximum absolute atomic E-state index is 13.0. The Labute approximate surface area is 181 Å². The summed E-state index contributed by atoms with van der Waals surface area (Å²) in [6.45, 7) is 13.1. The topological polar surface area (TPSA) is 44.8 Å². The van der Waals surface area contributed by atoms with Crippen LogP contribution >= 0.6 is 0 Å². The number of amides is 1. The maximum atomic E-state index is 13.0. The summed E-state index contributed by atoms with van der Waals surface area (Å²) in [6.07, 6.45) is 0. The Morgan fingerprint density at radius 2 is 1.70 bits per heavy atom. The molecule has 1 atom stereocenters. The standard InChI is InChI=1S/C25H35N3O2/c1-18(2)23-8-6-7-19(3)24(23)26-25(29)20(4)28-15-13-27(14-16-28)17-21-9-11-22(30-5)12-10-21/h6-12,18,20H,13-17H2,1-5H3,(H,26,29)/t20-/m0/s1. The molecule has 5 nitrogen and oxygen atoms in total. The van der Waals surface area contributed by atoms with Gasteiger partial charge >= 0.3 is 0 Å². The van der Waals surface area contributed by atoms with E-state index >= 15 is 0 Å². The quantitative estimate of drug-likeness (QED) is 0.742. The van der Waals surface area contributed by atoms with E-state index < -0.39 is 0 Å². The monoisotopic (exact) mass is 409 g/mol. The summed E-state index contributed by atoms with van der Waals surface area (Å²) in [6, 6.07) is 14.3. The number of ether oxygens (including phenoxy) is 1. The maximum Gasteiger partial charge on any atom is 0.241 e. The molecule has 0 aliphatic carbocycles. The van der Waals surface area contributed by atoms with Crippen LogP contribution < -0.4 is 10.1 Å². The first kappa shape index (κ1) is 22.3. The highest BCUT2D eigenvalue weighted by Crippen LogP contribution is 2.27. The van der Waals surface area contributed by atoms with Crippen molar-refractivity contribution in [1.29, 1.82) is 0 Å². The Kier molecular flexibility index (Phi) is 7.51. The van der Waals surface area contributed by atoms with E-state index in [-0.39, 0.29) is 11.9 Å². The Morgan fingerprint density at radius 3 is 2.30 bits per heavy atom. The number of nitrogens with zero attached hydrogens (tertiary/aromatic N) is 2. The van der Waals surface area contributed by atoms with Gasteiger partial charge in [0.15, 0.2) is 0 Å². The van der Waals surface area contributed by atoms with Crippen molar-refractivity contribution in [1.82, 2.24) is 9.80 Å². The lowest BCUT2D eigenvalue weighted by atomic mass is 9.98. The van der Waals surface area contributed by atoms with Gasteiger partial charge in [0.25, 0.3) is 0 Å². The van der Waals surface area contributed by atoms with Gasteiger partial charge in [-0.3, -0.25) is 14.6 Å². The van der Waals surface area contributed by atoms with Gasteiger partial charge in [-0.05, 0) is 48.6 Å². The molecule has 0 saturated carbocycles. The Bertz CT molecular complexity index is 840. The number of anilines is 1. The summed E-state index contributed by atoms with van der Waals surface area (Å²) in [5.74, 6) is 1.34. The number of rotatable bonds is 7. The Hall–Kier alpha value is -2.37. The van der Waals surface area contributed by atoms with E-state index in [2.05, 4.69) is 66.2 Å². The molecule has 30 heavy (non-hydrogen) atoms. The molecule has 1 saturated heterocycles. The van der Waals surface area contributed by atoms with Crippen LogP contribution in [0.5, 0.6) is 5.75 Å². The number of benzene rings is 2. The average molecular weight is 410 g/mol. The average Bonchev–Trinajstić information content (AvgIpc) is 2.75. The van der Waals surface area contributed by atoms with Crippen LogP contribution in [0.3, 0.4) is 0 Å². The molecule has 0 unspecified atom stereocenters. The second-order valence-corrected chi connectivity index (χ2v) is 8.52. The van der Waals surface area contributed by atoms with Crippen LogP contribution in [-0.2, 0) is 11.3 Å². The molecule has 0 spiro atoms. The first-order valence-corrected chi connectivity index (χ1v) is 10.9. The first-order valence-electron chi connectivity index (χ1n) is 10.9. The number of nitrogens with one attached hydrogen (secondary N) is 1. The summed E-state index contributed by atoms with van der Waals surface area (Å²) in [7, 11) is 1.69. The first-order chi connectivity index (χ1) is 14.4. The summed E-state index contributed by atoms with van der Waals surface area (Å²) in [5, 5.41) is 3.21. The molecule has 0 radical (unpaired) electrons. The van der Waals surface area contributed by atoms with Crippen molar-refractivity contribution in [2.24, 2.45) is 0 Å². The lowest BCUT2D eigenvalue weighted by Gasteiger charge is -2.37. The fourth-order valence-electron chi connectivity index (χ4n) is 4.03. The number of carbonyl (C=O) groups excluding carboxylic acids is 1. The van der Waals surface area contributed by atoms with Gasteiger partial charge in [-0.2, -0.15) is 0 Å². The van der Waals surface area contributed by atoms with Crippen molar-refractivity contribution in [3.05, 3.63) is 59.2 Å². The molecule has 0 bridgehead atoms. The predicted molar refractivity (Wildman–Crippen MR) is 123 cm³/mol. The molecular weight excluding hydrogens is 374 g/mol. The van der Waals surface area contributed by atoms with Gasteiger partial charge in [-0.25, -0.2) is 0 Å². The van der Waals surface area contributed by atoms with Gasteiger partial charge in [-0.1, -0.05) is 44.2 Å². The smallest absolute Gasteiger partial charge is 0.241 e. The zero-order valence-electron chi connectivity index (χ0n) is 18.9. The number of piperazine rings is 1. The molecule has 2 aromatic rings. The van der Waals surface area contributed by atoms with Crippen LogP contribution in [0.25, 0.3) is 0 Å². The molecule has 1 aliphatic heterocycles. The van der Waals surface area contributed by atoms with Gasteiger partial charge in [-0.15, -0.1) is 0 Å². The van der Waals surface area contributed by atoms with E-state index in [9.17, 15) is 4.79 Å². The number of aryl methyl sites for hydroxylation is 1. The zero-order valence-corrected chi connectivity index (χ0v) is 18.9. The van der Waals surface area contributed by atoms with E-state index in [1.54, 1.807) is 7.11 Å². The highest BCUT2D eigenvalue weighted by Gasteiger charge is 2.26. The van der Waals surface area contributed by atoms with Gasteiger partial charge in [0.1, 0.15) is 5.75 Å². The molecule has 1 aliphatic rings. The van der Waals surface area contributed by atoms with Gasteiger partial charge in [0, 0.05) is 38.4 Å². The highest BCUT2D eigenvalue weighted by molar-refractivity contribution is 5.96.